The van der Waals surface area contributed by atoms with Crippen molar-refractivity contribution in [1.82, 2.24) is 15.0 Å². The molecule has 9 nitrogen and oxygen atoms in total. The van der Waals surface area contributed by atoms with Crippen molar-refractivity contribution in [2.45, 2.75) is 0 Å². The fraction of sp³-hybridized carbons (Fsp3) is 0.276. The van der Waals surface area contributed by atoms with E-state index in [2.05, 4.69) is 9.97 Å². The van der Waals surface area contributed by atoms with Crippen LogP contribution in [0.3, 0.4) is 0 Å². The molecule has 0 atom stereocenters. The third kappa shape index (κ3) is 7.25. The largest absolute Gasteiger partial charge is 0.487 e. The first kappa shape index (κ1) is 25.6. The van der Waals surface area contributed by atoms with E-state index in [-0.39, 0.29) is 0 Å². The first-order valence-electron chi connectivity index (χ1n) is 12.5. The van der Waals surface area contributed by atoms with E-state index in [1.165, 1.54) is 0 Å². The van der Waals surface area contributed by atoms with Gasteiger partial charge >= 0.3 is 0 Å². The number of ether oxygens (including phenoxy) is 6. The Morgan fingerprint density at radius 1 is 0.500 bits per heavy atom. The number of nitrogens with zero attached hydrogens (tertiary/aromatic N) is 3. The van der Waals surface area contributed by atoms with E-state index in [1.807, 2.05) is 60.7 Å². The Morgan fingerprint density at radius 3 is 1.61 bits per heavy atom. The highest BCUT2D eigenvalue weighted by Crippen LogP contribution is 2.35. The summed E-state index contributed by atoms with van der Waals surface area (Å²) in [6.07, 6.45) is 3.47. The molecule has 1 aliphatic heterocycles. The predicted octanol–water partition coefficient (Wildman–Crippen LogP) is 4.82. The molecule has 0 saturated carbocycles. The topological polar surface area (TPSA) is 94.1 Å². The SMILES string of the molecule is c1ccc(-c2cc(Oc3ccc4c(c3)OCCOCCOCCOCCO4)cc(-c3ccccn3)n2)nc1. The van der Waals surface area contributed by atoms with Crippen LogP contribution in [0.25, 0.3) is 22.8 Å². The van der Waals surface area contributed by atoms with Crippen LogP contribution in [-0.4, -0.2) is 67.8 Å². The average Bonchev–Trinajstić information content (AvgIpc) is 2.97. The lowest BCUT2D eigenvalue weighted by Gasteiger charge is -2.15. The number of rotatable bonds is 4. The van der Waals surface area contributed by atoms with Crippen molar-refractivity contribution in [2.75, 3.05) is 52.9 Å². The van der Waals surface area contributed by atoms with Crippen molar-refractivity contribution in [3.8, 4) is 45.8 Å². The fourth-order valence-corrected chi connectivity index (χ4v) is 3.74. The van der Waals surface area contributed by atoms with Gasteiger partial charge in [0.15, 0.2) is 11.5 Å². The minimum atomic E-state index is 0.360. The Labute approximate surface area is 221 Å². The monoisotopic (exact) mass is 515 g/mol. The van der Waals surface area contributed by atoms with Gasteiger partial charge in [-0.25, -0.2) is 4.98 Å². The third-order valence-electron chi connectivity index (χ3n) is 5.52. The molecule has 0 bridgehead atoms. The molecule has 0 fully saturated rings. The van der Waals surface area contributed by atoms with Gasteiger partial charge < -0.3 is 28.4 Å². The Kier molecular flexibility index (Phi) is 9.08. The molecule has 0 saturated heterocycles. The van der Waals surface area contributed by atoms with Gasteiger partial charge in [-0.3, -0.25) is 9.97 Å². The van der Waals surface area contributed by atoms with Gasteiger partial charge in [-0.15, -0.1) is 0 Å². The van der Waals surface area contributed by atoms with Gasteiger partial charge in [0.05, 0.1) is 62.4 Å². The summed E-state index contributed by atoms with van der Waals surface area (Å²) in [4.78, 5) is 13.7. The molecule has 0 N–H and O–H groups in total. The smallest absolute Gasteiger partial charge is 0.165 e. The Balaban J connectivity index is 1.40. The zero-order valence-electron chi connectivity index (χ0n) is 21.0. The van der Waals surface area contributed by atoms with E-state index < -0.39 is 0 Å². The normalized spacial score (nSPS) is 15.2. The van der Waals surface area contributed by atoms with Crippen LogP contribution in [0.2, 0.25) is 0 Å². The molecule has 4 aromatic rings. The molecular formula is C29H29N3O6. The van der Waals surface area contributed by atoms with E-state index >= 15 is 0 Å². The zero-order valence-corrected chi connectivity index (χ0v) is 21.0. The van der Waals surface area contributed by atoms with Crippen LogP contribution in [0.1, 0.15) is 0 Å². The number of fused-ring (bicyclic) bond motifs is 1. The quantitative estimate of drug-likeness (QED) is 0.379. The predicted molar refractivity (Wildman–Crippen MR) is 141 cm³/mol. The Morgan fingerprint density at radius 2 is 1.05 bits per heavy atom. The van der Waals surface area contributed by atoms with Crippen LogP contribution in [0.5, 0.6) is 23.0 Å². The lowest BCUT2D eigenvalue weighted by atomic mass is 10.2. The van der Waals surface area contributed by atoms with Crippen LogP contribution < -0.4 is 14.2 Å². The van der Waals surface area contributed by atoms with Gasteiger partial charge in [0, 0.05) is 30.6 Å². The molecule has 4 heterocycles. The van der Waals surface area contributed by atoms with Crippen molar-refractivity contribution < 1.29 is 28.4 Å². The van der Waals surface area contributed by atoms with E-state index in [1.54, 1.807) is 18.5 Å². The summed E-state index contributed by atoms with van der Waals surface area (Å²) in [5, 5.41) is 0. The lowest BCUT2D eigenvalue weighted by Crippen LogP contribution is -2.13. The second-order valence-corrected chi connectivity index (χ2v) is 8.25. The number of hydrogen-bond donors (Lipinski definition) is 0. The fourth-order valence-electron chi connectivity index (χ4n) is 3.74. The summed E-state index contributed by atoms with van der Waals surface area (Å²) in [6, 6.07) is 20.6. The summed E-state index contributed by atoms with van der Waals surface area (Å²) in [7, 11) is 0. The lowest BCUT2D eigenvalue weighted by molar-refractivity contribution is 0.00708. The van der Waals surface area contributed by atoms with E-state index in [0.717, 1.165) is 11.4 Å². The standard InChI is InChI=1S/C29H29N3O6/c1-3-9-30-24(5-1)26-19-23(20-27(32-26)25-6-2-4-10-31-25)38-22-7-8-28-29(21-22)37-18-16-35-14-12-33-11-13-34-15-17-36-28/h1-10,19-21H,11-18H2. The summed E-state index contributed by atoms with van der Waals surface area (Å²) < 4.78 is 34.8. The second kappa shape index (κ2) is 13.5. The van der Waals surface area contributed by atoms with Crippen LogP contribution in [0, 0.1) is 0 Å². The van der Waals surface area contributed by atoms with Crippen molar-refractivity contribution in [1.29, 1.82) is 0 Å². The number of pyridine rings is 3. The van der Waals surface area contributed by atoms with Crippen molar-refractivity contribution in [3.63, 3.8) is 0 Å². The molecule has 0 aliphatic carbocycles. The molecular weight excluding hydrogens is 486 g/mol. The van der Waals surface area contributed by atoms with E-state index in [9.17, 15) is 0 Å². The average molecular weight is 516 g/mol. The molecule has 38 heavy (non-hydrogen) atoms. The molecule has 1 aromatic carbocycles. The molecule has 3 aromatic heterocycles. The summed E-state index contributed by atoms with van der Waals surface area (Å²) in [6.45, 7) is 3.66. The molecule has 9 heteroatoms. The van der Waals surface area contributed by atoms with Crippen LogP contribution in [-0.2, 0) is 14.2 Å². The molecule has 0 amide bonds. The van der Waals surface area contributed by atoms with Gasteiger partial charge in [0.1, 0.15) is 24.7 Å². The Bertz CT molecular complexity index is 1230. The highest BCUT2D eigenvalue weighted by Gasteiger charge is 2.13. The molecule has 0 radical (unpaired) electrons. The Hall–Kier alpha value is -4.05. The number of hydrogen-bond acceptors (Lipinski definition) is 9. The number of aromatic nitrogens is 3. The van der Waals surface area contributed by atoms with Crippen molar-refractivity contribution in [3.05, 3.63) is 79.1 Å². The summed E-state index contributed by atoms with van der Waals surface area (Å²) >= 11 is 0. The minimum absolute atomic E-state index is 0.360. The minimum Gasteiger partial charge on any atom is -0.487 e. The molecule has 1 aliphatic rings. The van der Waals surface area contributed by atoms with Gasteiger partial charge in [0.25, 0.3) is 0 Å². The summed E-state index contributed by atoms with van der Waals surface area (Å²) in [5.74, 6) is 2.34. The highest BCUT2D eigenvalue weighted by atomic mass is 16.6. The maximum absolute atomic E-state index is 6.29. The first-order valence-corrected chi connectivity index (χ1v) is 12.5. The van der Waals surface area contributed by atoms with E-state index in [0.29, 0.717) is 87.2 Å². The van der Waals surface area contributed by atoms with Crippen LogP contribution in [0.15, 0.2) is 79.1 Å². The molecule has 196 valence electrons. The highest BCUT2D eigenvalue weighted by molar-refractivity contribution is 5.65. The zero-order chi connectivity index (χ0) is 25.8. The van der Waals surface area contributed by atoms with Crippen LogP contribution in [0.4, 0.5) is 0 Å². The van der Waals surface area contributed by atoms with Gasteiger partial charge in [-0.05, 0) is 36.4 Å². The van der Waals surface area contributed by atoms with Gasteiger partial charge in [0.2, 0.25) is 0 Å². The van der Waals surface area contributed by atoms with Crippen LogP contribution >= 0.6 is 0 Å². The molecule has 0 spiro atoms. The maximum Gasteiger partial charge on any atom is 0.165 e. The van der Waals surface area contributed by atoms with Crippen molar-refractivity contribution in [2.24, 2.45) is 0 Å². The first-order chi connectivity index (χ1) is 18.8. The van der Waals surface area contributed by atoms with E-state index in [4.69, 9.17) is 33.4 Å². The van der Waals surface area contributed by atoms with Crippen molar-refractivity contribution >= 4 is 0 Å². The van der Waals surface area contributed by atoms with Gasteiger partial charge in [-0.1, -0.05) is 12.1 Å². The second-order valence-electron chi connectivity index (χ2n) is 8.25. The number of benzene rings is 1. The summed E-state index contributed by atoms with van der Waals surface area (Å²) in [5.41, 5.74) is 2.83. The van der Waals surface area contributed by atoms with Gasteiger partial charge in [-0.2, -0.15) is 0 Å². The third-order valence-corrected chi connectivity index (χ3v) is 5.52. The maximum atomic E-state index is 6.29. The molecule has 0 unspecified atom stereocenters. The molecule has 5 rings (SSSR count).